The zero-order chi connectivity index (χ0) is 15.5. The molecule has 112 valence electrons. The van der Waals surface area contributed by atoms with Gasteiger partial charge in [-0.3, -0.25) is 0 Å². The van der Waals surface area contributed by atoms with Crippen LogP contribution in [-0.4, -0.2) is 25.5 Å². The molecular formula is C14H21NO4S. The summed E-state index contributed by atoms with van der Waals surface area (Å²) < 4.78 is 27.4. The molecule has 1 atom stereocenters. The number of nitrogens with one attached hydrogen (secondary N) is 1. The van der Waals surface area contributed by atoms with E-state index >= 15 is 0 Å². The number of aromatic carboxylic acids is 1. The fourth-order valence-corrected chi connectivity index (χ4v) is 3.83. The zero-order valence-electron chi connectivity index (χ0n) is 12.2. The second kappa shape index (κ2) is 6.37. The van der Waals surface area contributed by atoms with Crippen molar-refractivity contribution < 1.29 is 18.3 Å². The molecule has 0 heterocycles. The van der Waals surface area contributed by atoms with Gasteiger partial charge in [0, 0.05) is 6.04 Å². The number of sulfonamides is 1. The highest BCUT2D eigenvalue weighted by Gasteiger charge is 2.24. The molecule has 1 aromatic carbocycles. The van der Waals surface area contributed by atoms with Crippen LogP contribution in [0.2, 0.25) is 0 Å². The molecule has 0 fully saturated rings. The Morgan fingerprint density at radius 2 is 1.95 bits per heavy atom. The minimum absolute atomic E-state index is 0.00507. The van der Waals surface area contributed by atoms with Gasteiger partial charge in [0.2, 0.25) is 10.0 Å². The van der Waals surface area contributed by atoms with Gasteiger partial charge in [-0.05, 0) is 37.0 Å². The van der Waals surface area contributed by atoms with E-state index in [1.165, 1.54) is 25.1 Å². The predicted molar refractivity (Wildman–Crippen MR) is 77.4 cm³/mol. The highest BCUT2D eigenvalue weighted by molar-refractivity contribution is 7.89. The van der Waals surface area contributed by atoms with Gasteiger partial charge in [-0.2, -0.15) is 0 Å². The largest absolute Gasteiger partial charge is 0.478 e. The van der Waals surface area contributed by atoms with Crippen molar-refractivity contribution in [2.45, 2.75) is 45.1 Å². The van der Waals surface area contributed by atoms with E-state index in [2.05, 4.69) is 4.72 Å². The average Bonchev–Trinajstić information content (AvgIpc) is 2.35. The van der Waals surface area contributed by atoms with Crippen molar-refractivity contribution in [2.75, 3.05) is 0 Å². The molecule has 6 heteroatoms. The van der Waals surface area contributed by atoms with E-state index in [9.17, 15) is 13.2 Å². The first-order valence-electron chi connectivity index (χ1n) is 6.56. The predicted octanol–water partition coefficient (Wildman–Crippen LogP) is 2.41. The molecule has 0 aliphatic rings. The molecule has 1 unspecified atom stereocenters. The number of hydrogen-bond acceptors (Lipinski definition) is 3. The smallest absolute Gasteiger partial charge is 0.335 e. The van der Waals surface area contributed by atoms with E-state index in [1.54, 1.807) is 0 Å². The Morgan fingerprint density at radius 1 is 1.35 bits per heavy atom. The van der Waals surface area contributed by atoms with Crippen molar-refractivity contribution in [3.05, 3.63) is 29.3 Å². The number of carboxylic acids is 1. The summed E-state index contributed by atoms with van der Waals surface area (Å²) in [5.41, 5.74) is 0.261. The average molecular weight is 299 g/mol. The van der Waals surface area contributed by atoms with Crippen LogP contribution in [0.5, 0.6) is 0 Å². The second-order valence-electron chi connectivity index (χ2n) is 5.11. The molecular weight excluding hydrogens is 278 g/mol. The first kappa shape index (κ1) is 16.7. The topological polar surface area (TPSA) is 83.5 Å². The first-order chi connectivity index (χ1) is 9.20. The fraction of sp³-hybridized carbons (Fsp3) is 0.500. The third kappa shape index (κ3) is 3.58. The van der Waals surface area contributed by atoms with Crippen molar-refractivity contribution in [1.82, 2.24) is 4.72 Å². The molecule has 0 aliphatic heterocycles. The van der Waals surface area contributed by atoms with E-state index in [-0.39, 0.29) is 28.0 Å². The SMILES string of the molecule is CCC(NS(=O)(=O)c1cccc(C(=O)O)c1C)C(C)C. The number of carboxylic acid groups (broad SMARTS) is 1. The third-order valence-corrected chi connectivity index (χ3v) is 4.99. The van der Waals surface area contributed by atoms with E-state index in [1.807, 2.05) is 20.8 Å². The molecule has 0 spiro atoms. The summed E-state index contributed by atoms with van der Waals surface area (Å²) in [4.78, 5) is 11.1. The summed E-state index contributed by atoms with van der Waals surface area (Å²) in [5, 5.41) is 9.06. The Hall–Kier alpha value is -1.40. The number of rotatable bonds is 6. The van der Waals surface area contributed by atoms with Crippen LogP contribution < -0.4 is 4.72 Å². The highest BCUT2D eigenvalue weighted by Crippen LogP contribution is 2.20. The van der Waals surface area contributed by atoms with Gasteiger partial charge >= 0.3 is 5.97 Å². The first-order valence-corrected chi connectivity index (χ1v) is 8.04. The molecule has 1 aromatic rings. The Labute approximate surface area is 120 Å². The number of benzene rings is 1. The van der Waals surface area contributed by atoms with Gasteiger partial charge in [-0.25, -0.2) is 17.9 Å². The van der Waals surface area contributed by atoms with Crippen LogP contribution in [0.3, 0.4) is 0 Å². The lowest BCUT2D eigenvalue weighted by Gasteiger charge is -2.21. The van der Waals surface area contributed by atoms with Crippen LogP contribution in [-0.2, 0) is 10.0 Å². The molecule has 0 radical (unpaired) electrons. The summed E-state index contributed by atoms with van der Waals surface area (Å²) in [7, 11) is -3.72. The maximum absolute atomic E-state index is 12.4. The molecule has 0 bridgehead atoms. The Kier molecular flexibility index (Phi) is 5.30. The van der Waals surface area contributed by atoms with Crippen molar-refractivity contribution in [2.24, 2.45) is 5.92 Å². The quantitative estimate of drug-likeness (QED) is 0.845. The lowest BCUT2D eigenvalue weighted by molar-refractivity contribution is 0.0696. The van der Waals surface area contributed by atoms with Crippen LogP contribution in [0, 0.1) is 12.8 Å². The molecule has 0 amide bonds. The molecule has 0 saturated carbocycles. The van der Waals surface area contributed by atoms with Gasteiger partial charge in [0.25, 0.3) is 0 Å². The normalized spacial score (nSPS) is 13.4. The fourth-order valence-electron chi connectivity index (χ4n) is 2.09. The van der Waals surface area contributed by atoms with Gasteiger partial charge in [0.05, 0.1) is 10.5 Å². The minimum Gasteiger partial charge on any atom is -0.478 e. The van der Waals surface area contributed by atoms with Crippen LogP contribution in [0.4, 0.5) is 0 Å². The lowest BCUT2D eigenvalue weighted by atomic mass is 10.0. The molecule has 20 heavy (non-hydrogen) atoms. The van der Waals surface area contributed by atoms with Crippen LogP contribution in [0.15, 0.2) is 23.1 Å². The van der Waals surface area contributed by atoms with Crippen LogP contribution in [0.1, 0.15) is 43.1 Å². The van der Waals surface area contributed by atoms with Gasteiger partial charge < -0.3 is 5.11 Å². The Balaban J connectivity index is 3.23. The summed E-state index contributed by atoms with van der Waals surface area (Å²) in [6.07, 6.45) is 0.675. The summed E-state index contributed by atoms with van der Waals surface area (Å²) in [6, 6.07) is 4.10. The van der Waals surface area contributed by atoms with E-state index in [0.717, 1.165) is 0 Å². The molecule has 0 saturated heterocycles. The Bertz CT molecular complexity index is 593. The number of carbonyl (C=O) groups is 1. The second-order valence-corrected chi connectivity index (χ2v) is 6.80. The molecule has 1 rings (SSSR count). The van der Waals surface area contributed by atoms with Gasteiger partial charge in [-0.1, -0.05) is 26.8 Å². The lowest BCUT2D eigenvalue weighted by Crippen LogP contribution is -2.38. The summed E-state index contributed by atoms with van der Waals surface area (Å²) >= 11 is 0. The van der Waals surface area contributed by atoms with Gasteiger partial charge in [0.15, 0.2) is 0 Å². The van der Waals surface area contributed by atoms with Crippen molar-refractivity contribution in [3.63, 3.8) is 0 Å². The zero-order valence-corrected chi connectivity index (χ0v) is 13.0. The monoisotopic (exact) mass is 299 g/mol. The third-order valence-electron chi connectivity index (χ3n) is 3.36. The van der Waals surface area contributed by atoms with Crippen LogP contribution in [0.25, 0.3) is 0 Å². The molecule has 0 aliphatic carbocycles. The van der Waals surface area contributed by atoms with Crippen molar-refractivity contribution in [3.8, 4) is 0 Å². The van der Waals surface area contributed by atoms with E-state index in [4.69, 9.17) is 5.11 Å². The maximum atomic E-state index is 12.4. The molecule has 5 nitrogen and oxygen atoms in total. The van der Waals surface area contributed by atoms with E-state index < -0.39 is 16.0 Å². The maximum Gasteiger partial charge on any atom is 0.335 e. The van der Waals surface area contributed by atoms with Gasteiger partial charge in [-0.15, -0.1) is 0 Å². The standard InChI is InChI=1S/C14H21NO4S/c1-5-12(9(2)3)15-20(18,19)13-8-6-7-11(10(13)4)14(16)17/h6-9,12,15H,5H2,1-4H3,(H,16,17). The van der Waals surface area contributed by atoms with E-state index in [0.29, 0.717) is 6.42 Å². The summed E-state index contributed by atoms with van der Waals surface area (Å²) in [6.45, 7) is 7.30. The summed E-state index contributed by atoms with van der Waals surface area (Å²) in [5.74, 6) is -0.965. The Morgan fingerprint density at radius 3 is 2.40 bits per heavy atom. The minimum atomic E-state index is -3.72. The highest BCUT2D eigenvalue weighted by atomic mass is 32.2. The number of hydrogen-bond donors (Lipinski definition) is 2. The molecule has 0 aromatic heterocycles. The van der Waals surface area contributed by atoms with Gasteiger partial charge in [0.1, 0.15) is 0 Å². The van der Waals surface area contributed by atoms with Crippen molar-refractivity contribution in [1.29, 1.82) is 0 Å². The van der Waals surface area contributed by atoms with Crippen molar-refractivity contribution >= 4 is 16.0 Å². The van der Waals surface area contributed by atoms with Crippen LogP contribution >= 0.6 is 0 Å². The molecule has 2 N–H and O–H groups in total.